The first-order chi connectivity index (χ1) is 8.06. The van der Waals surface area contributed by atoms with Crippen molar-refractivity contribution in [1.29, 1.82) is 0 Å². The van der Waals surface area contributed by atoms with Crippen LogP contribution in [0.1, 0.15) is 13.3 Å². The third-order valence-corrected chi connectivity index (χ3v) is 2.70. The van der Waals surface area contributed by atoms with Gasteiger partial charge in [0, 0.05) is 18.6 Å². The Morgan fingerprint density at radius 1 is 1.53 bits per heavy atom. The first-order valence-corrected chi connectivity index (χ1v) is 5.70. The first kappa shape index (κ1) is 13.7. The maximum Gasteiger partial charge on any atom is 0.321 e. The molecule has 1 saturated heterocycles. The largest absolute Gasteiger partial charge is 0.334 e. The molecule has 0 aliphatic carbocycles. The van der Waals surface area contributed by atoms with Gasteiger partial charge in [0.1, 0.15) is 0 Å². The van der Waals surface area contributed by atoms with Gasteiger partial charge >= 0.3 is 6.03 Å². The van der Waals surface area contributed by atoms with E-state index in [0.29, 0.717) is 6.54 Å². The van der Waals surface area contributed by atoms with E-state index >= 15 is 0 Å². The minimum absolute atomic E-state index is 0.0606. The van der Waals surface area contributed by atoms with Crippen LogP contribution in [0.25, 0.3) is 0 Å². The summed E-state index contributed by atoms with van der Waals surface area (Å²) in [4.78, 5) is 22.6. The second-order valence-electron chi connectivity index (χ2n) is 4.39. The minimum Gasteiger partial charge on any atom is -0.334 e. The van der Waals surface area contributed by atoms with E-state index in [1.165, 1.54) is 0 Å². The third-order valence-electron chi connectivity index (χ3n) is 2.70. The molecule has 1 unspecified atom stereocenters. The number of urea groups is 1. The maximum absolute atomic E-state index is 11.4. The number of nitrogens with one attached hydrogen (secondary N) is 4. The van der Waals surface area contributed by atoms with E-state index in [1.54, 1.807) is 6.08 Å². The summed E-state index contributed by atoms with van der Waals surface area (Å²) < 4.78 is 0. The Morgan fingerprint density at radius 2 is 2.29 bits per heavy atom. The van der Waals surface area contributed by atoms with Crippen LogP contribution in [0.3, 0.4) is 0 Å². The van der Waals surface area contributed by atoms with Crippen molar-refractivity contribution in [2.75, 3.05) is 26.2 Å². The molecule has 96 valence electrons. The summed E-state index contributed by atoms with van der Waals surface area (Å²) in [6.07, 6.45) is 2.52. The number of carbonyl (C=O) groups excluding carboxylic acids is 2. The molecule has 0 aromatic rings. The smallest absolute Gasteiger partial charge is 0.321 e. The van der Waals surface area contributed by atoms with Crippen LogP contribution < -0.4 is 21.3 Å². The van der Waals surface area contributed by atoms with Gasteiger partial charge in [0.2, 0.25) is 5.91 Å². The van der Waals surface area contributed by atoms with E-state index < -0.39 is 6.03 Å². The van der Waals surface area contributed by atoms with E-state index in [0.717, 1.165) is 19.5 Å². The van der Waals surface area contributed by atoms with Crippen molar-refractivity contribution in [1.82, 2.24) is 21.3 Å². The Morgan fingerprint density at radius 3 is 2.88 bits per heavy atom. The molecule has 4 N–H and O–H groups in total. The van der Waals surface area contributed by atoms with Gasteiger partial charge in [-0.25, -0.2) is 4.79 Å². The molecule has 6 heteroatoms. The lowest BCUT2D eigenvalue weighted by molar-refractivity contribution is -0.119. The van der Waals surface area contributed by atoms with Gasteiger partial charge in [-0.05, 0) is 19.9 Å². The fraction of sp³-hybridized carbons (Fsp3) is 0.636. The van der Waals surface area contributed by atoms with Crippen molar-refractivity contribution >= 4 is 11.9 Å². The summed E-state index contributed by atoms with van der Waals surface area (Å²) in [5.41, 5.74) is -0.0606. The Hall–Kier alpha value is -1.40. The Balaban J connectivity index is 2.20. The average molecular weight is 240 g/mol. The van der Waals surface area contributed by atoms with Crippen LogP contribution in [0.4, 0.5) is 4.79 Å². The van der Waals surface area contributed by atoms with Gasteiger partial charge < -0.3 is 16.0 Å². The number of imide groups is 1. The number of carbonyl (C=O) groups is 2. The van der Waals surface area contributed by atoms with Crippen molar-refractivity contribution in [3.05, 3.63) is 12.7 Å². The molecular formula is C11H20N4O2. The van der Waals surface area contributed by atoms with Gasteiger partial charge in [0.25, 0.3) is 0 Å². The second kappa shape index (κ2) is 6.36. The maximum atomic E-state index is 11.4. The lowest BCUT2D eigenvalue weighted by atomic mass is 10.0. The lowest BCUT2D eigenvalue weighted by Crippen LogP contribution is -2.50. The van der Waals surface area contributed by atoms with Gasteiger partial charge in [0.15, 0.2) is 0 Å². The van der Waals surface area contributed by atoms with Crippen molar-refractivity contribution in [2.45, 2.75) is 18.9 Å². The van der Waals surface area contributed by atoms with E-state index in [2.05, 4.69) is 34.8 Å². The average Bonchev–Trinajstić information content (AvgIpc) is 2.71. The molecule has 1 aliphatic rings. The van der Waals surface area contributed by atoms with Crippen LogP contribution in [-0.2, 0) is 4.79 Å². The molecule has 0 bridgehead atoms. The summed E-state index contributed by atoms with van der Waals surface area (Å²) in [7, 11) is 0. The summed E-state index contributed by atoms with van der Waals surface area (Å²) in [5, 5.41) is 11.1. The molecule has 0 aromatic carbocycles. The molecule has 1 rings (SSSR count). The van der Waals surface area contributed by atoms with Crippen LogP contribution in [0.5, 0.6) is 0 Å². The topological polar surface area (TPSA) is 82.3 Å². The van der Waals surface area contributed by atoms with E-state index in [1.807, 2.05) is 0 Å². The summed E-state index contributed by atoms with van der Waals surface area (Å²) in [6.45, 7) is 7.78. The summed E-state index contributed by atoms with van der Waals surface area (Å²) >= 11 is 0. The van der Waals surface area contributed by atoms with Gasteiger partial charge in [-0.1, -0.05) is 6.08 Å². The third kappa shape index (κ3) is 4.97. The predicted molar refractivity (Wildman–Crippen MR) is 65.6 cm³/mol. The molecule has 0 aromatic heterocycles. The predicted octanol–water partition coefficient (Wildman–Crippen LogP) is -0.660. The zero-order valence-electron chi connectivity index (χ0n) is 10.1. The van der Waals surface area contributed by atoms with Crippen LogP contribution in [0.2, 0.25) is 0 Å². The standard InChI is InChI=1S/C11H20N4O2/c1-3-5-13-10(17)15-9(16)7-14-11(2)4-6-12-8-11/h3,12,14H,1,4-8H2,2H3,(H2,13,15,16,17). The lowest BCUT2D eigenvalue weighted by Gasteiger charge is -2.23. The molecule has 1 atom stereocenters. The highest BCUT2D eigenvalue weighted by Gasteiger charge is 2.28. The quantitative estimate of drug-likeness (QED) is 0.481. The number of hydrogen-bond acceptors (Lipinski definition) is 4. The Labute approximate surface area is 101 Å². The molecule has 1 heterocycles. The van der Waals surface area contributed by atoms with Gasteiger partial charge in [-0.2, -0.15) is 0 Å². The first-order valence-electron chi connectivity index (χ1n) is 5.70. The monoisotopic (exact) mass is 240 g/mol. The van der Waals surface area contributed by atoms with Gasteiger partial charge in [-0.15, -0.1) is 6.58 Å². The Kier molecular flexibility index (Phi) is 5.11. The molecule has 17 heavy (non-hydrogen) atoms. The highest BCUT2D eigenvalue weighted by Crippen LogP contribution is 2.12. The summed E-state index contributed by atoms with van der Waals surface area (Å²) in [6, 6.07) is -0.494. The zero-order chi connectivity index (χ0) is 12.7. The molecule has 6 nitrogen and oxygen atoms in total. The summed E-state index contributed by atoms with van der Waals surface area (Å²) in [5.74, 6) is -0.334. The highest BCUT2D eigenvalue weighted by atomic mass is 16.2. The van der Waals surface area contributed by atoms with Crippen molar-refractivity contribution < 1.29 is 9.59 Å². The van der Waals surface area contributed by atoms with Crippen LogP contribution in [-0.4, -0.2) is 43.7 Å². The molecule has 0 radical (unpaired) electrons. The fourth-order valence-electron chi connectivity index (χ4n) is 1.64. The number of hydrogen-bond donors (Lipinski definition) is 4. The van der Waals surface area contributed by atoms with E-state index in [9.17, 15) is 9.59 Å². The van der Waals surface area contributed by atoms with Gasteiger partial charge in [0.05, 0.1) is 6.54 Å². The van der Waals surface area contributed by atoms with Crippen LogP contribution in [0.15, 0.2) is 12.7 Å². The molecule has 3 amide bonds. The number of amides is 3. The minimum atomic E-state index is -0.494. The molecule has 0 spiro atoms. The van der Waals surface area contributed by atoms with E-state index in [-0.39, 0.29) is 18.0 Å². The van der Waals surface area contributed by atoms with Crippen molar-refractivity contribution in [2.24, 2.45) is 0 Å². The van der Waals surface area contributed by atoms with E-state index in [4.69, 9.17) is 0 Å². The van der Waals surface area contributed by atoms with Crippen molar-refractivity contribution in [3.63, 3.8) is 0 Å². The SMILES string of the molecule is C=CCNC(=O)NC(=O)CNC1(C)CCNC1. The normalized spacial score (nSPS) is 23.1. The fourth-order valence-corrected chi connectivity index (χ4v) is 1.64. The van der Waals surface area contributed by atoms with Crippen molar-refractivity contribution in [3.8, 4) is 0 Å². The molecule has 1 aliphatic heterocycles. The molecular weight excluding hydrogens is 220 g/mol. The zero-order valence-corrected chi connectivity index (χ0v) is 10.1. The number of rotatable bonds is 5. The molecule has 1 fully saturated rings. The van der Waals surface area contributed by atoms with Crippen LogP contribution >= 0.6 is 0 Å². The highest BCUT2D eigenvalue weighted by molar-refractivity contribution is 5.95. The van der Waals surface area contributed by atoms with Gasteiger partial charge in [-0.3, -0.25) is 10.1 Å². The second-order valence-corrected chi connectivity index (χ2v) is 4.39. The Bertz CT molecular complexity index is 298. The van der Waals surface area contributed by atoms with Crippen LogP contribution in [0, 0.1) is 0 Å². The molecule has 0 saturated carbocycles.